The third kappa shape index (κ3) is 3.06. The van der Waals surface area contributed by atoms with Crippen molar-refractivity contribution in [3.8, 4) is 5.75 Å². The fourth-order valence-electron chi connectivity index (χ4n) is 0.834. The fraction of sp³-hybridized carbons (Fsp3) is 0.250. The molecule has 0 N–H and O–H groups in total. The molecule has 14 heavy (non-hydrogen) atoms. The second-order valence-corrected chi connectivity index (χ2v) is 2.70. The lowest BCUT2D eigenvalue weighted by Crippen LogP contribution is -2.17. The van der Waals surface area contributed by atoms with Crippen LogP contribution < -0.4 is 4.74 Å². The summed E-state index contributed by atoms with van der Waals surface area (Å²) in [5.74, 6) is -1.51. The van der Waals surface area contributed by atoms with Crippen molar-refractivity contribution in [1.29, 1.82) is 0 Å². The van der Waals surface area contributed by atoms with Crippen LogP contribution in [0.5, 0.6) is 5.75 Å². The summed E-state index contributed by atoms with van der Waals surface area (Å²) in [6.07, 6.45) is -4.81. The Morgan fingerprint density at radius 1 is 1.29 bits per heavy atom. The summed E-state index contributed by atoms with van der Waals surface area (Å²) in [6.45, 7) is 0. The molecule has 0 amide bonds. The molecule has 0 bridgehead atoms. The molecule has 1 rings (SSSR count). The standard InChI is InChI=1S/C8H5ClF4O/c9-4-5-1-2-6(3-7(5)10)14-8(11,12)13/h1-3H,4H2. The number of halogens is 5. The summed E-state index contributed by atoms with van der Waals surface area (Å²) in [5, 5.41) is 0. The van der Waals surface area contributed by atoms with Crippen molar-refractivity contribution < 1.29 is 22.3 Å². The first-order valence-electron chi connectivity index (χ1n) is 3.52. The van der Waals surface area contributed by atoms with Gasteiger partial charge in [-0.1, -0.05) is 6.07 Å². The molecule has 0 unspecified atom stereocenters. The third-order valence-corrected chi connectivity index (χ3v) is 1.69. The van der Waals surface area contributed by atoms with E-state index in [1.165, 1.54) is 0 Å². The molecule has 78 valence electrons. The summed E-state index contributed by atoms with van der Waals surface area (Å²) < 4.78 is 51.4. The topological polar surface area (TPSA) is 9.23 Å². The zero-order valence-electron chi connectivity index (χ0n) is 6.74. The van der Waals surface area contributed by atoms with Crippen LogP contribution in [0.1, 0.15) is 5.56 Å². The molecule has 1 nitrogen and oxygen atoms in total. The normalized spacial score (nSPS) is 11.5. The van der Waals surface area contributed by atoms with E-state index in [1.807, 2.05) is 0 Å². The van der Waals surface area contributed by atoms with Gasteiger partial charge in [0.25, 0.3) is 0 Å². The van der Waals surface area contributed by atoms with Gasteiger partial charge in [-0.05, 0) is 6.07 Å². The molecule has 0 aliphatic carbocycles. The van der Waals surface area contributed by atoms with Gasteiger partial charge < -0.3 is 4.74 Å². The van der Waals surface area contributed by atoms with Gasteiger partial charge >= 0.3 is 6.36 Å². The third-order valence-electron chi connectivity index (χ3n) is 1.40. The molecule has 6 heteroatoms. The summed E-state index contributed by atoms with van der Waals surface area (Å²) >= 11 is 5.31. The Labute approximate surface area is 82.2 Å². The predicted octanol–water partition coefficient (Wildman–Crippen LogP) is 3.46. The average molecular weight is 229 g/mol. The number of ether oxygens (including phenoxy) is 1. The highest BCUT2D eigenvalue weighted by atomic mass is 35.5. The smallest absolute Gasteiger partial charge is 0.406 e. The Bertz CT molecular complexity index is 324. The van der Waals surface area contributed by atoms with Gasteiger partial charge in [-0.15, -0.1) is 24.8 Å². The number of rotatable bonds is 2. The van der Waals surface area contributed by atoms with Crippen LogP contribution in [0.4, 0.5) is 17.6 Å². The molecule has 0 fully saturated rings. The van der Waals surface area contributed by atoms with Gasteiger partial charge in [0.2, 0.25) is 0 Å². The molecule has 0 radical (unpaired) electrons. The van der Waals surface area contributed by atoms with Crippen LogP contribution in [0.25, 0.3) is 0 Å². The van der Waals surface area contributed by atoms with Gasteiger partial charge in [0.05, 0.1) is 5.88 Å². The Kier molecular flexibility index (Phi) is 3.21. The molecule has 1 aromatic carbocycles. The monoisotopic (exact) mass is 228 g/mol. The van der Waals surface area contributed by atoms with Crippen molar-refractivity contribution in [3.05, 3.63) is 29.6 Å². The molecule has 0 heterocycles. The summed E-state index contributed by atoms with van der Waals surface area (Å²) in [5.41, 5.74) is 0.126. The van der Waals surface area contributed by atoms with Gasteiger partial charge in [-0.2, -0.15) is 0 Å². The lowest BCUT2D eigenvalue weighted by atomic mass is 10.2. The maximum Gasteiger partial charge on any atom is 0.573 e. The highest BCUT2D eigenvalue weighted by Gasteiger charge is 2.31. The van der Waals surface area contributed by atoms with Crippen LogP contribution in [0.2, 0.25) is 0 Å². The quantitative estimate of drug-likeness (QED) is 0.556. The molecular weight excluding hydrogens is 224 g/mol. The number of alkyl halides is 4. The highest BCUT2D eigenvalue weighted by Crippen LogP contribution is 2.24. The maximum atomic E-state index is 12.9. The van der Waals surface area contributed by atoms with Gasteiger partial charge in [0, 0.05) is 11.6 Å². The Balaban J connectivity index is 2.87. The zero-order chi connectivity index (χ0) is 10.8. The number of hydrogen-bond donors (Lipinski definition) is 0. The minimum atomic E-state index is -4.81. The van der Waals surface area contributed by atoms with Crippen LogP contribution in [-0.2, 0) is 5.88 Å². The van der Waals surface area contributed by atoms with Gasteiger partial charge in [0.15, 0.2) is 0 Å². The van der Waals surface area contributed by atoms with Crippen molar-refractivity contribution >= 4 is 11.6 Å². The first-order valence-corrected chi connectivity index (χ1v) is 4.06. The lowest BCUT2D eigenvalue weighted by molar-refractivity contribution is -0.274. The molecule has 0 aromatic heterocycles. The van der Waals surface area contributed by atoms with Crippen LogP contribution in [-0.4, -0.2) is 6.36 Å². The van der Waals surface area contributed by atoms with Gasteiger partial charge in [0.1, 0.15) is 11.6 Å². The molecule has 0 saturated heterocycles. The van der Waals surface area contributed by atoms with Crippen molar-refractivity contribution in [2.24, 2.45) is 0 Å². The van der Waals surface area contributed by atoms with E-state index in [-0.39, 0.29) is 11.4 Å². The van der Waals surface area contributed by atoms with Crippen molar-refractivity contribution in [2.45, 2.75) is 12.2 Å². The minimum absolute atomic E-state index is 0.0991. The summed E-state index contributed by atoms with van der Waals surface area (Å²) in [6, 6.07) is 2.79. The van der Waals surface area contributed by atoms with E-state index in [2.05, 4.69) is 4.74 Å². The Morgan fingerprint density at radius 2 is 1.93 bits per heavy atom. The van der Waals surface area contributed by atoms with E-state index < -0.39 is 17.9 Å². The first-order chi connectivity index (χ1) is 6.42. The van der Waals surface area contributed by atoms with E-state index in [0.717, 1.165) is 12.1 Å². The fourth-order valence-corrected chi connectivity index (χ4v) is 1.05. The van der Waals surface area contributed by atoms with Crippen LogP contribution in [0.15, 0.2) is 18.2 Å². The second-order valence-electron chi connectivity index (χ2n) is 2.43. The van der Waals surface area contributed by atoms with E-state index in [1.54, 1.807) is 0 Å². The molecule has 0 atom stereocenters. The second kappa shape index (κ2) is 4.04. The van der Waals surface area contributed by atoms with Gasteiger partial charge in [-0.3, -0.25) is 0 Å². The number of hydrogen-bond acceptors (Lipinski definition) is 1. The predicted molar refractivity (Wildman–Crippen MR) is 42.6 cm³/mol. The molecule has 0 aliphatic rings. The SMILES string of the molecule is Fc1cc(OC(F)(F)F)ccc1CCl. The minimum Gasteiger partial charge on any atom is -0.406 e. The van der Waals surface area contributed by atoms with Crippen LogP contribution >= 0.6 is 11.6 Å². The van der Waals surface area contributed by atoms with E-state index in [9.17, 15) is 17.6 Å². The maximum absolute atomic E-state index is 12.9. The Morgan fingerprint density at radius 3 is 2.36 bits per heavy atom. The van der Waals surface area contributed by atoms with Crippen molar-refractivity contribution in [2.75, 3.05) is 0 Å². The zero-order valence-corrected chi connectivity index (χ0v) is 7.49. The van der Waals surface area contributed by atoms with Crippen LogP contribution in [0, 0.1) is 5.82 Å². The van der Waals surface area contributed by atoms with E-state index in [4.69, 9.17) is 11.6 Å². The van der Waals surface area contributed by atoms with E-state index in [0.29, 0.717) is 6.07 Å². The first kappa shape index (κ1) is 11.1. The van der Waals surface area contributed by atoms with Crippen LogP contribution in [0.3, 0.4) is 0 Å². The average Bonchev–Trinajstić information content (AvgIpc) is 2.01. The lowest BCUT2D eigenvalue weighted by Gasteiger charge is -2.09. The Hall–Kier alpha value is -0.970. The molecule has 0 saturated carbocycles. The summed E-state index contributed by atoms with van der Waals surface area (Å²) in [4.78, 5) is 0. The molecule has 1 aromatic rings. The molecule has 0 aliphatic heterocycles. The van der Waals surface area contributed by atoms with E-state index >= 15 is 0 Å². The van der Waals surface area contributed by atoms with Crippen molar-refractivity contribution in [3.63, 3.8) is 0 Å². The van der Waals surface area contributed by atoms with Gasteiger partial charge in [-0.25, -0.2) is 4.39 Å². The largest absolute Gasteiger partial charge is 0.573 e. The van der Waals surface area contributed by atoms with Crippen molar-refractivity contribution in [1.82, 2.24) is 0 Å². The molecule has 0 spiro atoms. The highest BCUT2D eigenvalue weighted by molar-refractivity contribution is 6.17. The number of benzene rings is 1. The summed E-state index contributed by atoms with van der Waals surface area (Å²) in [7, 11) is 0. The molecular formula is C8H5ClF4O.